The fourth-order valence-corrected chi connectivity index (χ4v) is 4.52. The Hall–Kier alpha value is -3.70. The molecule has 0 unspecified atom stereocenters. The summed E-state index contributed by atoms with van der Waals surface area (Å²) in [6.45, 7) is 0. The van der Waals surface area contributed by atoms with Gasteiger partial charge in [-0.25, -0.2) is 19.1 Å². The van der Waals surface area contributed by atoms with Gasteiger partial charge in [0.05, 0.1) is 7.11 Å². The Balaban J connectivity index is 1.70. The lowest BCUT2D eigenvalue weighted by Crippen LogP contribution is -2.33. The lowest BCUT2D eigenvalue weighted by atomic mass is 10.1. The highest BCUT2D eigenvalue weighted by atomic mass is 32.1. The van der Waals surface area contributed by atoms with Gasteiger partial charge >= 0.3 is 11.7 Å². The molecule has 0 aliphatic rings. The fourth-order valence-electron chi connectivity index (χ4n) is 3.19. The molecular weight excluding hydrogens is 452 g/mol. The van der Waals surface area contributed by atoms with Gasteiger partial charge in [-0.15, -0.1) is 11.3 Å². The highest BCUT2D eigenvalue weighted by molar-refractivity contribution is 7.14. The second kappa shape index (κ2) is 9.20. The number of aromatic hydroxyl groups is 1. The van der Waals surface area contributed by atoms with Crippen molar-refractivity contribution in [2.75, 3.05) is 12.4 Å². The largest absolute Gasteiger partial charge is 0.493 e. The third kappa shape index (κ3) is 4.34. The number of methoxy groups -OCH3 is 1. The fraction of sp³-hybridized carbons (Fsp3) is 0.143. The van der Waals surface area contributed by atoms with E-state index in [0.29, 0.717) is 5.56 Å². The smallest absolute Gasteiger partial charge is 0.357 e. The van der Waals surface area contributed by atoms with Gasteiger partial charge in [-0.3, -0.25) is 4.79 Å². The summed E-state index contributed by atoms with van der Waals surface area (Å²) in [5.74, 6) is -1.52. The number of anilines is 1. The number of benzene rings is 1. The molecular formula is C21H18N4O5S2. The second-order valence-electron chi connectivity index (χ2n) is 6.74. The van der Waals surface area contributed by atoms with E-state index in [9.17, 15) is 19.5 Å². The third-order valence-electron chi connectivity index (χ3n) is 4.73. The Morgan fingerprint density at radius 1 is 1.25 bits per heavy atom. The number of imidazole rings is 1. The first-order chi connectivity index (χ1) is 15.5. The van der Waals surface area contributed by atoms with Crippen LogP contribution in [-0.2, 0) is 16.0 Å². The van der Waals surface area contributed by atoms with Crippen LogP contribution in [0.3, 0.4) is 0 Å². The predicted molar refractivity (Wildman–Crippen MR) is 121 cm³/mol. The van der Waals surface area contributed by atoms with Crippen molar-refractivity contribution in [2.24, 2.45) is 0 Å². The van der Waals surface area contributed by atoms with Gasteiger partial charge in [0.15, 0.2) is 10.8 Å². The SMILES string of the molecule is COC(=O)c1csc(NC(=O)[C@H](Cc2ccccc2)n2c(O)c(-c3ccsc3)[nH]c2=O)n1. The van der Waals surface area contributed by atoms with Crippen molar-refractivity contribution >= 4 is 39.7 Å². The minimum Gasteiger partial charge on any atom is -0.493 e. The van der Waals surface area contributed by atoms with Crippen molar-refractivity contribution in [3.63, 3.8) is 0 Å². The number of nitrogens with one attached hydrogen (secondary N) is 2. The summed E-state index contributed by atoms with van der Waals surface area (Å²) < 4.78 is 5.66. The minimum absolute atomic E-state index is 0.0637. The molecule has 0 spiro atoms. The number of aromatic amines is 1. The van der Waals surface area contributed by atoms with Crippen LogP contribution in [0.25, 0.3) is 11.3 Å². The minimum atomic E-state index is -1.07. The lowest BCUT2D eigenvalue weighted by molar-refractivity contribution is -0.119. The molecule has 3 aromatic heterocycles. The zero-order valence-electron chi connectivity index (χ0n) is 16.8. The lowest BCUT2D eigenvalue weighted by Gasteiger charge is -2.18. The van der Waals surface area contributed by atoms with Crippen molar-refractivity contribution in [2.45, 2.75) is 12.5 Å². The van der Waals surface area contributed by atoms with Crippen molar-refractivity contribution in [3.05, 3.63) is 74.3 Å². The number of hydrogen-bond donors (Lipinski definition) is 3. The zero-order chi connectivity index (χ0) is 22.7. The molecule has 0 radical (unpaired) electrons. The van der Waals surface area contributed by atoms with E-state index in [1.165, 1.54) is 23.8 Å². The molecule has 0 saturated heterocycles. The Morgan fingerprint density at radius 2 is 2.03 bits per heavy atom. The van der Waals surface area contributed by atoms with Crippen molar-refractivity contribution in [1.82, 2.24) is 14.5 Å². The molecule has 1 atom stereocenters. The number of hydrogen-bond acceptors (Lipinski definition) is 8. The van der Waals surface area contributed by atoms with E-state index in [1.54, 1.807) is 11.4 Å². The summed E-state index contributed by atoms with van der Waals surface area (Å²) in [6, 6.07) is 9.84. The third-order valence-corrected chi connectivity index (χ3v) is 6.17. The summed E-state index contributed by atoms with van der Waals surface area (Å²) in [4.78, 5) is 44.3. The number of nitrogens with zero attached hydrogens (tertiary/aromatic N) is 2. The number of H-pyrrole nitrogens is 1. The normalized spacial score (nSPS) is 11.8. The number of carbonyl (C=O) groups is 2. The molecule has 4 rings (SSSR count). The maximum Gasteiger partial charge on any atom is 0.357 e. The molecule has 0 saturated carbocycles. The molecule has 3 heterocycles. The van der Waals surface area contributed by atoms with Crippen LogP contribution < -0.4 is 11.0 Å². The van der Waals surface area contributed by atoms with Gasteiger partial charge in [0, 0.05) is 22.7 Å². The topological polar surface area (TPSA) is 126 Å². The van der Waals surface area contributed by atoms with Crippen LogP contribution in [0.4, 0.5) is 5.13 Å². The summed E-state index contributed by atoms with van der Waals surface area (Å²) >= 11 is 2.47. The summed E-state index contributed by atoms with van der Waals surface area (Å²) in [5.41, 5.74) is 1.13. The molecule has 32 heavy (non-hydrogen) atoms. The van der Waals surface area contributed by atoms with E-state index in [4.69, 9.17) is 0 Å². The van der Waals surface area contributed by atoms with Crippen LogP contribution in [-0.4, -0.2) is 38.6 Å². The monoisotopic (exact) mass is 470 g/mol. The maximum absolute atomic E-state index is 13.2. The number of thiazole rings is 1. The molecule has 0 aliphatic carbocycles. The molecule has 0 bridgehead atoms. The Labute approximate surface area is 190 Å². The number of carbonyl (C=O) groups excluding carboxylic acids is 2. The van der Waals surface area contributed by atoms with Gasteiger partial charge in [-0.05, 0) is 17.0 Å². The maximum atomic E-state index is 13.2. The summed E-state index contributed by atoms with van der Waals surface area (Å²) in [5, 5.41) is 18.7. The van der Waals surface area contributed by atoms with Gasteiger partial charge in [0.2, 0.25) is 11.8 Å². The molecule has 4 aromatic rings. The number of ether oxygens (including phenoxy) is 1. The van der Waals surface area contributed by atoms with Crippen LogP contribution in [0.2, 0.25) is 0 Å². The van der Waals surface area contributed by atoms with Gasteiger partial charge in [-0.1, -0.05) is 30.3 Å². The standard InChI is InChI=1S/C21H18N4O5S2/c1-30-19(28)14-11-32-20(22-14)24-17(26)15(9-12-5-3-2-4-6-12)25-18(27)16(23-21(25)29)13-7-8-31-10-13/h2-8,10-11,15,27H,9H2,1H3,(H,23,29)(H,22,24,26)/t15-/m0/s1. The number of thiophene rings is 1. The van der Waals surface area contributed by atoms with Crippen LogP contribution in [0.5, 0.6) is 5.88 Å². The molecule has 11 heteroatoms. The molecule has 1 amide bonds. The van der Waals surface area contributed by atoms with Crippen LogP contribution >= 0.6 is 22.7 Å². The summed E-state index contributed by atoms with van der Waals surface area (Å²) in [7, 11) is 1.24. The molecule has 1 aromatic carbocycles. The van der Waals surface area contributed by atoms with Crippen molar-refractivity contribution < 1.29 is 19.4 Å². The van der Waals surface area contributed by atoms with E-state index in [0.717, 1.165) is 21.5 Å². The molecule has 0 aliphatic heterocycles. The van der Waals surface area contributed by atoms with E-state index < -0.39 is 23.6 Å². The highest BCUT2D eigenvalue weighted by Crippen LogP contribution is 2.31. The van der Waals surface area contributed by atoms with Crippen molar-refractivity contribution in [3.8, 4) is 17.1 Å². The number of esters is 1. The highest BCUT2D eigenvalue weighted by Gasteiger charge is 2.29. The van der Waals surface area contributed by atoms with Crippen LogP contribution in [0.1, 0.15) is 22.1 Å². The second-order valence-corrected chi connectivity index (χ2v) is 8.37. The first-order valence-electron chi connectivity index (χ1n) is 9.42. The van der Waals surface area contributed by atoms with Gasteiger partial charge in [-0.2, -0.15) is 11.3 Å². The molecule has 9 nitrogen and oxygen atoms in total. The van der Waals surface area contributed by atoms with Gasteiger partial charge < -0.3 is 20.1 Å². The Morgan fingerprint density at radius 3 is 2.72 bits per heavy atom. The van der Waals surface area contributed by atoms with E-state index in [-0.39, 0.29) is 28.8 Å². The summed E-state index contributed by atoms with van der Waals surface area (Å²) in [6.07, 6.45) is 0.149. The number of rotatable bonds is 7. The first-order valence-corrected chi connectivity index (χ1v) is 11.2. The van der Waals surface area contributed by atoms with E-state index in [2.05, 4.69) is 20.0 Å². The molecule has 3 N–H and O–H groups in total. The Kier molecular flexibility index (Phi) is 6.19. The number of aromatic nitrogens is 3. The number of amides is 1. The first kappa shape index (κ1) is 21.5. The predicted octanol–water partition coefficient (Wildman–Crippen LogP) is 3.28. The van der Waals surface area contributed by atoms with E-state index in [1.807, 2.05) is 35.7 Å². The molecule has 0 fully saturated rings. The van der Waals surface area contributed by atoms with Gasteiger partial charge in [0.25, 0.3) is 0 Å². The van der Waals surface area contributed by atoms with Crippen LogP contribution in [0, 0.1) is 0 Å². The quantitative estimate of drug-likeness (QED) is 0.356. The van der Waals surface area contributed by atoms with Crippen LogP contribution in [0.15, 0.2) is 57.3 Å². The van der Waals surface area contributed by atoms with Crippen molar-refractivity contribution in [1.29, 1.82) is 0 Å². The Bertz CT molecular complexity index is 1290. The van der Waals surface area contributed by atoms with Gasteiger partial charge in [0.1, 0.15) is 11.7 Å². The average molecular weight is 471 g/mol. The average Bonchev–Trinajstić information content (AvgIpc) is 3.54. The van der Waals surface area contributed by atoms with E-state index >= 15 is 0 Å². The zero-order valence-corrected chi connectivity index (χ0v) is 18.4. The molecule has 164 valence electrons.